The van der Waals surface area contributed by atoms with E-state index in [0.29, 0.717) is 6.61 Å². The molecule has 1 saturated heterocycles. The Bertz CT molecular complexity index is 346. The van der Waals surface area contributed by atoms with Crippen molar-refractivity contribution in [3.63, 3.8) is 0 Å². The number of rotatable bonds is 4. The van der Waals surface area contributed by atoms with E-state index in [0.717, 1.165) is 13.0 Å². The molecule has 1 aromatic carbocycles. The van der Waals surface area contributed by atoms with Crippen LogP contribution in [0.4, 0.5) is 0 Å². The van der Waals surface area contributed by atoms with E-state index in [1.807, 2.05) is 0 Å². The summed E-state index contributed by atoms with van der Waals surface area (Å²) in [5.74, 6) is 0. The van der Waals surface area contributed by atoms with Crippen molar-refractivity contribution in [3.8, 4) is 0 Å². The van der Waals surface area contributed by atoms with Crippen LogP contribution in [-0.2, 0) is 16.1 Å². The third-order valence-corrected chi connectivity index (χ3v) is 4.68. The monoisotopic (exact) mass is 249 g/mol. The number of hydrogen-bond donors (Lipinski definition) is 0. The normalized spacial score (nSPS) is 20.8. The van der Waals surface area contributed by atoms with Crippen LogP contribution in [0.2, 0.25) is 13.1 Å². The molecular formula is C14H21O2Si. The van der Waals surface area contributed by atoms with Crippen LogP contribution >= 0.6 is 0 Å². The lowest BCUT2D eigenvalue weighted by atomic mass is 10.2. The van der Waals surface area contributed by atoms with Crippen molar-refractivity contribution in [1.82, 2.24) is 0 Å². The Balaban J connectivity index is 1.93. The van der Waals surface area contributed by atoms with Gasteiger partial charge in [0, 0.05) is 6.61 Å². The first-order chi connectivity index (χ1) is 8.27. The predicted octanol–water partition coefficient (Wildman–Crippen LogP) is 2.69. The lowest BCUT2D eigenvalue weighted by Crippen LogP contribution is -2.29. The Morgan fingerprint density at radius 2 is 2.12 bits per heavy atom. The van der Waals surface area contributed by atoms with Crippen molar-refractivity contribution < 1.29 is 9.47 Å². The zero-order valence-electron chi connectivity index (χ0n) is 10.7. The highest BCUT2D eigenvalue weighted by atomic mass is 28.3. The summed E-state index contributed by atoms with van der Waals surface area (Å²) in [5, 5.41) is 1.48. The molecule has 1 heterocycles. The maximum absolute atomic E-state index is 5.85. The summed E-state index contributed by atoms with van der Waals surface area (Å²) in [6, 6.07) is 8.62. The second kappa shape index (κ2) is 6.33. The fourth-order valence-corrected chi connectivity index (χ4v) is 3.39. The smallest absolute Gasteiger partial charge is 0.158 e. The first-order valence-corrected chi connectivity index (χ1v) is 8.89. The van der Waals surface area contributed by atoms with E-state index < -0.39 is 8.80 Å². The zero-order valence-corrected chi connectivity index (χ0v) is 11.7. The van der Waals surface area contributed by atoms with Crippen LogP contribution in [0.1, 0.15) is 24.8 Å². The van der Waals surface area contributed by atoms with Gasteiger partial charge in [0.25, 0.3) is 0 Å². The highest BCUT2D eigenvalue weighted by Gasteiger charge is 2.15. The summed E-state index contributed by atoms with van der Waals surface area (Å²) in [4.78, 5) is 0. The Morgan fingerprint density at radius 1 is 1.29 bits per heavy atom. The van der Waals surface area contributed by atoms with Gasteiger partial charge in [-0.15, -0.1) is 0 Å². The molecule has 1 aromatic rings. The number of benzene rings is 1. The highest BCUT2D eigenvalue weighted by molar-refractivity contribution is 6.71. The van der Waals surface area contributed by atoms with E-state index in [1.54, 1.807) is 0 Å². The first kappa shape index (κ1) is 12.8. The molecule has 1 radical (unpaired) electrons. The Hall–Kier alpha value is -0.643. The van der Waals surface area contributed by atoms with Crippen LogP contribution in [0.3, 0.4) is 0 Å². The molecule has 17 heavy (non-hydrogen) atoms. The molecule has 93 valence electrons. The molecule has 1 fully saturated rings. The van der Waals surface area contributed by atoms with Crippen molar-refractivity contribution >= 4 is 14.0 Å². The highest BCUT2D eigenvalue weighted by Crippen LogP contribution is 2.15. The molecule has 0 amide bonds. The number of ether oxygens (including phenoxy) is 2. The molecule has 1 aliphatic rings. The Labute approximate surface area is 106 Å². The molecule has 0 bridgehead atoms. The first-order valence-electron chi connectivity index (χ1n) is 6.39. The quantitative estimate of drug-likeness (QED) is 0.764. The van der Waals surface area contributed by atoms with Gasteiger partial charge in [-0.05, 0) is 24.8 Å². The predicted molar refractivity (Wildman–Crippen MR) is 71.9 cm³/mol. The van der Waals surface area contributed by atoms with Crippen LogP contribution in [0.15, 0.2) is 24.3 Å². The lowest BCUT2D eigenvalue weighted by Gasteiger charge is -2.23. The third-order valence-electron chi connectivity index (χ3n) is 3.12. The Morgan fingerprint density at radius 3 is 2.82 bits per heavy atom. The molecule has 2 rings (SSSR count). The van der Waals surface area contributed by atoms with E-state index >= 15 is 0 Å². The topological polar surface area (TPSA) is 18.5 Å². The van der Waals surface area contributed by atoms with Crippen LogP contribution < -0.4 is 5.19 Å². The average molecular weight is 249 g/mol. The van der Waals surface area contributed by atoms with Crippen molar-refractivity contribution in [2.24, 2.45) is 0 Å². The second-order valence-corrected chi connectivity index (χ2v) is 7.30. The summed E-state index contributed by atoms with van der Waals surface area (Å²) in [6.07, 6.45) is 3.45. The van der Waals surface area contributed by atoms with Gasteiger partial charge in [0.05, 0.1) is 15.4 Å². The molecular weight excluding hydrogens is 228 g/mol. The number of hydrogen-bond acceptors (Lipinski definition) is 2. The molecule has 1 aliphatic heterocycles. The molecule has 0 spiro atoms. The fourth-order valence-electron chi connectivity index (χ4n) is 2.16. The lowest BCUT2D eigenvalue weighted by molar-refractivity contribution is -0.168. The summed E-state index contributed by atoms with van der Waals surface area (Å²) in [6.45, 7) is 6.18. The molecule has 1 atom stereocenters. The van der Waals surface area contributed by atoms with Gasteiger partial charge in [-0.2, -0.15) is 0 Å². The molecule has 0 N–H and O–H groups in total. The van der Waals surface area contributed by atoms with E-state index in [-0.39, 0.29) is 6.29 Å². The summed E-state index contributed by atoms with van der Waals surface area (Å²) in [5.41, 5.74) is 1.33. The minimum Gasteiger partial charge on any atom is -0.353 e. The molecule has 0 aromatic heterocycles. The fraction of sp³-hybridized carbons (Fsp3) is 0.571. The van der Waals surface area contributed by atoms with Gasteiger partial charge in [-0.3, -0.25) is 0 Å². The second-order valence-electron chi connectivity index (χ2n) is 4.76. The van der Waals surface area contributed by atoms with Crippen molar-refractivity contribution in [1.29, 1.82) is 0 Å². The molecule has 0 aliphatic carbocycles. The molecule has 2 nitrogen and oxygen atoms in total. The minimum atomic E-state index is -0.415. The van der Waals surface area contributed by atoms with Crippen LogP contribution in [-0.4, -0.2) is 21.7 Å². The van der Waals surface area contributed by atoms with E-state index in [4.69, 9.17) is 9.47 Å². The largest absolute Gasteiger partial charge is 0.353 e. The molecule has 3 heteroatoms. The van der Waals surface area contributed by atoms with E-state index in [9.17, 15) is 0 Å². The summed E-state index contributed by atoms with van der Waals surface area (Å²) >= 11 is 0. The summed E-state index contributed by atoms with van der Waals surface area (Å²) in [7, 11) is -0.415. The van der Waals surface area contributed by atoms with Crippen molar-refractivity contribution in [2.45, 2.75) is 45.3 Å². The summed E-state index contributed by atoms with van der Waals surface area (Å²) < 4.78 is 11.4. The third kappa shape index (κ3) is 3.66. The van der Waals surface area contributed by atoms with Crippen molar-refractivity contribution in [2.75, 3.05) is 6.61 Å². The van der Waals surface area contributed by atoms with Crippen LogP contribution in [0, 0.1) is 0 Å². The van der Waals surface area contributed by atoms with Crippen LogP contribution in [0.5, 0.6) is 0 Å². The van der Waals surface area contributed by atoms with Crippen molar-refractivity contribution in [3.05, 3.63) is 29.8 Å². The SMILES string of the molecule is C[Si](C)c1ccccc1COC1CCCCO1. The maximum atomic E-state index is 5.85. The Kier molecular flexibility index (Phi) is 4.77. The van der Waals surface area contributed by atoms with Gasteiger partial charge >= 0.3 is 0 Å². The molecule has 1 unspecified atom stereocenters. The minimum absolute atomic E-state index is 0.0150. The van der Waals surface area contributed by atoms with Gasteiger partial charge in [0.15, 0.2) is 6.29 Å². The van der Waals surface area contributed by atoms with Gasteiger partial charge in [0.1, 0.15) is 0 Å². The van der Waals surface area contributed by atoms with Crippen LogP contribution in [0.25, 0.3) is 0 Å². The van der Waals surface area contributed by atoms with E-state index in [2.05, 4.69) is 37.4 Å². The van der Waals surface area contributed by atoms with Gasteiger partial charge in [0.2, 0.25) is 0 Å². The van der Waals surface area contributed by atoms with Gasteiger partial charge in [-0.25, -0.2) is 0 Å². The molecule has 0 saturated carbocycles. The van der Waals surface area contributed by atoms with E-state index in [1.165, 1.54) is 23.6 Å². The zero-order chi connectivity index (χ0) is 12.1. The standard InChI is InChI=1S/C14H21O2Si/c1-17(2)13-8-4-3-7-12(13)11-16-14-9-5-6-10-15-14/h3-4,7-8,14H,5-6,9-11H2,1-2H3. The average Bonchev–Trinajstić information content (AvgIpc) is 2.38. The van der Waals surface area contributed by atoms with Gasteiger partial charge < -0.3 is 9.47 Å². The van der Waals surface area contributed by atoms with Gasteiger partial charge in [-0.1, -0.05) is 42.5 Å². The maximum Gasteiger partial charge on any atom is 0.158 e.